The van der Waals surface area contributed by atoms with E-state index in [1.165, 1.54) is 0 Å². The normalized spacial score (nSPS) is 30.9. The Bertz CT molecular complexity index is 295. The van der Waals surface area contributed by atoms with Crippen molar-refractivity contribution in [2.45, 2.75) is 66.0 Å². The van der Waals surface area contributed by atoms with Crippen molar-refractivity contribution in [2.24, 2.45) is 23.0 Å². The zero-order chi connectivity index (χ0) is 14.1. The molecule has 0 bridgehead atoms. The predicted octanol–water partition coefficient (Wildman–Crippen LogP) is 2.64. The highest BCUT2D eigenvalue weighted by Crippen LogP contribution is 2.32. The Morgan fingerprint density at radius 3 is 2.39 bits per heavy atom. The zero-order valence-electron chi connectivity index (χ0n) is 12.9. The fourth-order valence-corrected chi connectivity index (χ4v) is 2.73. The van der Waals surface area contributed by atoms with Crippen LogP contribution in [0.2, 0.25) is 0 Å². The van der Waals surface area contributed by atoms with Crippen LogP contribution in [-0.2, 0) is 4.79 Å². The second-order valence-electron chi connectivity index (χ2n) is 7.15. The Morgan fingerprint density at radius 1 is 1.33 bits per heavy atom. The van der Waals surface area contributed by atoms with Crippen molar-refractivity contribution in [3.05, 3.63) is 0 Å². The number of nitrogens with two attached hydrogens (primary N) is 1. The number of rotatable bonds is 2. The maximum Gasteiger partial charge on any atom is 0.226 e. The van der Waals surface area contributed by atoms with Gasteiger partial charge in [0.25, 0.3) is 0 Å². The van der Waals surface area contributed by atoms with E-state index < -0.39 is 0 Å². The van der Waals surface area contributed by atoms with Gasteiger partial charge in [-0.2, -0.15) is 0 Å². The van der Waals surface area contributed by atoms with Crippen LogP contribution in [0.1, 0.15) is 53.9 Å². The van der Waals surface area contributed by atoms with Gasteiger partial charge in [-0.05, 0) is 37.5 Å². The molecule has 0 heterocycles. The van der Waals surface area contributed by atoms with E-state index in [9.17, 15) is 4.79 Å². The summed E-state index contributed by atoms with van der Waals surface area (Å²) >= 11 is 0. The molecule has 18 heavy (non-hydrogen) atoms. The van der Waals surface area contributed by atoms with Gasteiger partial charge in [-0.25, -0.2) is 0 Å². The lowest BCUT2D eigenvalue weighted by Gasteiger charge is -2.40. The molecule has 0 aromatic heterocycles. The second kappa shape index (κ2) is 5.60. The lowest BCUT2D eigenvalue weighted by Crippen LogP contribution is -2.48. The summed E-state index contributed by atoms with van der Waals surface area (Å²) in [7, 11) is 1.94. The molecule has 1 saturated carbocycles. The molecule has 0 aliphatic heterocycles. The van der Waals surface area contributed by atoms with E-state index in [4.69, 9.17) is 5.73 Å². The fourth-order valence-electron chi connectivity index (χ4n) is 2.73. The summed E-state index contributed by atoms with van der Waals surface area (Å²) in [5.74, 6) is 0.857. The van der Waals surface area contributed by atoms with Gasteiger partial charge in [0.05, 0.1) is 0 Å². The largest absolute Gasteiger partial charge is 0.342 e. The van der Waals surface area contributed by atoms with E-state index in [0.29, 0.717) is 5.92 Å². The molecule has 0 spiro atoms. The monoisotopic (exact) mass is 254 g/mol. The molecule has 1 aliphatic carbocycles. The number of carbonyl (C=O) groups is 1. The Morgan fingerprint density at radius 2 is 1.89 bits per heavy atom. The molecule has 2 N–H and O–H groups in total. The Hall–Kier alpha value is -0.570. The summed E-state index contributed by atoms with van der Waals surface area (Å²) in [6.45, 7) is 10.8. The van der Waals surface area contributed by atoms with Gasteiger partial charge in [-0.15, -0.1) is 0 Å². The number of amides is 1. The quantitative estimate of drug-likeness (QED) is 0.823. The van der Waals surface area contributed by atoms with Crippen molar-refractivity contribution in [3.63, 3.8) is 0 Å². The minimum absolute atomic E-state index is 0.114. The van der Waals surface area contributed by atoms with Crippen molar-refractivity contribution in [3.8, 4) is 0 Å². The molecule has 1 fully saturated rings. The molecule has 0 aromatic rings. The van der Waals surface area contributed by atoms with Crippen LogP contribution in [-0.4, -0.2) is 29.9 Å². The highest BCUT2D eigenvalue weighted by molar-refractivity contribution is 5.79. The number of nitrogens with zero attached hydrogens (tertiary/aromatic N) is 1. The SMILES string of the molecule is CC1CCC(N)CC1C(=O)N(C)C(C)C(C)(C)C. The summed E-state index contributed by atoms with van der Waals surface area (Å²) in [5, 5.41) is 0. The molecule has 1 aliphatic rings. The average Bonchev–Trinajstić information content (AvgIpc) is 2.28. The molecule has 1 amide bonds. The van der Waals surface area contributed by atoms with Gasteiger partial charge in [-0.3, -0.25) is 4.79 Å². The third-order valence-electron chi connectivity index (χ3n) is 4.74. The van der Waals surface area contributed by atoms with Crippen LogP contribution in [0.5, 0.6) is 0 Å². The van der Waals surface area contributed by atoms with E-state index in [1.54, 1.807) is 0 Å². The van der Waals surface area contributed by atoms with Gasteiger partial charge in [-0.1, -0.05) is 27.7 Å². The van der Waals surface area contributed by atoms with Crippen molar-refractivity contribution >= 4 is 5.91 Å². The third-order valence-corrected chi connectivity index (χ3v) is 4.74. The molecule has 0 radical (unpaired) electrons. The Balaban J connectivity index is 2.73. The average molecular weight is 254 g/mol. The molecule has 4 unspecified atom stereocenters. The number of carbonyl (C=O) groups excluding carboxylic acids is 1. The minimum Gasteiger partial charge on any atom is -0.342 e. The van der Waals surface area contributed by atoms with Gasteiger partial charge in [0.2, 0.25) is 5.91 Å². The van der Waals surface area contributed by atoms with E-state index in [2.05, 4.69) is 34.6 Å². The molecule has 106 valence electrons. The van der Waals surface area contributed by atoms with Gasteiger partial charge in [0.1, 0.15) is 0 Å². The van der Waals surface area contributed by atoms with Gasteiger partial charge in [0, 0.05) is 25.0 Å². The fraction of sp³-hybridized carbons (Fsp3) is 0.933. The second-order valence-corrected chi connectivity index (χ2v) is 7.15. The highest BCUT2D eigenvalue weighted by Gasteiger charge is 2.36. The molecular formula is C15H30N2O. The van der Waals surface area contributed by atoms with Gasteiger partial charge in [0.15, 0.2) is 0 Å². The lowest BCUT2D eigenvalue weighted by atomic mass is 9.76. The maximum absolute atomic E-state index is 12.6. The Labute approximate surface area is 112 Å². The number of hydrogen-bond donors (Lipinski definition) is 1. The molecule has 1 rings (SSSR count). The summed E-state index contributed by atoms with van der Waals surface area (Å²) < 4.78 is 0. The third kappa shape index (κ3) is 3.47. The van der Waals surface area contributed by atoms with Crippen molar-refractivity contribution in [1.82, 2.24) is 4.90 Å². The van der Waals surface area contributed by atoms with Crippen molar-refractivity contribution < 1.29 is 4.79 Å². The van der Waals surface area contributed by atoms with Crippen LogP contribution >= 0.6 is 0 Å². The van der Waals surface area contributed by atoms with Crippen LogP contribution < -0.4 is 5.73 Å². The highest BCUT2D eigenvalue weighted by atomic mass is 16.2. The van der Waals surface area contributed by atoms with E-state index >= 15 is 0 Å². The number of hydrogen-bond acceptors (Lipinski definition) is 2. The first-order chi connectivity index (χ1) is 8.14. The summed E-state index contributed by atoms with van der Waals surface area (Å²) in [6.07, 6.45) is 2.99. The molecular weight excluding hydrogens is 224 g/mol. The summed E-state index contributed by atoms with van der Waals surface area (Å²) in [4.78, 5) is 14.5. The first kappa shape index (κ1) is 15.5. The van der Waals surface area contributed by atoms with Crippen LogP contribution in [0.3, 0.4) is 0 Å². The van der Waals surface area contributed by atoms with Gasteiger partial charge < -0.3 is 10.6 Å². The maximum atomic E-state index is 12.6. The molecule has 3 nitrogen and oxygen atoms in total. The van der Waals surface area contributed by atoms with Crippen LogP contribution in [0, 0.1) is 17.3 Å². The van der Waals surface area contributed by atoms with Crippen LogP contribution in [0.15, 0.2) is 0 Å². The van der Waals surface area contributed by atoms with Crippen molar-refractivity contribution in [2.75, 3.05) is 7.05 Å². The molecule has 0 aromatic carbocycles. The molecule has 0 saturated heterocycles. The smallest absolute Gasteiger partial charge is 0.226 e. The first-order valence-corrected chi connectivity index (χ1v) is 7.16. The van der Waals surface area contributed by atoms with Crippen molar-refractivity contribution in [1.29, 1.82) is 0 Å². The van der Waals surface area contributed by atoms with E-state index in [-0.39, 0.29) is 29.3 Å². The summed E-state index contributed by atoms with van der Waals surface area (Å²) in [5.41, 5.74) is 6.13. The summed E-state index contributed by atoms with van der Waals surface area (Å²) in [6, 6.07) is 0.448. The van der Waals surface area contributed by atoms with Crippen LogP contribution in [0.25, 0.3) is 0 Å². The lowest BCUT2D eigenvalue weighted by molar-refractivity contribution is -0.141. The standard InChI is InChI=1S/C15H30N2O/c1-10-7-8-12(16)9-13(10)14(18)17(6)11(2)15(3,4)5/h10-13H,7-9,16H2,1-6H3. The predicted molar refractivity (Wildman–Crippen MR) is 76.2 cm³/mol. The molecule has 3 heteroatoms. The van der Waals surface area contributed by atoms with E-state index in [0.717, 1.165) is 19.3 Å². The Kier molecular flexibility index (Phi) is 4.82. The zero-order valence-corrected chi connectivity index (χ0v) is 12.9. The van der Waals surface area contributed by atoms with E-state index in [1.807, 2.05) is 11.9 Å². The molecule has 4 atom stereocenters. The minimum atomic E-state index is 0.114. The topological polar surface area (TPSA) is 46.3 Å². The van der Waals surface area contributed by atoms with Gasteiger partial charge >= 0.3 is 0 Å². The first-order valence-electron chi connectivity index (χ1n) is 7.16. The van der Waals surface area contributed by atoms with Crippen LogP contribution in [0.4, 0.5) is 0 Å².